The average Bonchev–Trinajstić information content (AvgIpc) is 2.92. The summed E-state index contributed by atoms with van der Waals surface area (Å²) in [7, 11) is 0. The Labute approximate surface area is 173 Å². The summed E-state index contributed by atoms with van der Waals surface area (Å²) in [6.07, 6.45) is 0. The number of imide groups is 1. The van der Waals surface area contributed by atoms with Gasteiger partial charge in [-0.1, -0.05) is 32.0 Å². The molecule has 4 amide bonds. The minimum atomic E-state index is -1.41. The number of nitro benzene ring substituents is 1. The van der Waals surface area contributed by atoms with Crippen LogP contribution in [0.3, 0.4) is 0 Å². The van der Waals surface area contributed by atoms with E-state index in [-0.39, 0.29) is 11.6 Å². The van der Waals surface area contributed by atoms with Crippen LogP contribution >= 0.6 is 0 Å². The third kappa shape index (κ3) is 3.86. The van der Waals surface area contributed by atoms with Crippen LogP contribution in [-0.4, -0.2) is 34.2 Å². The summed E-state index contributed by atoms with van der Waals surface area (Å²) in [4.78, 5) is 49.0. The van der Waals surface area contributed by atoms with Crippen molar-refractivity contribution in [3.05, 3.63) is 69.8 Å². The normalized spacial score (nSPS) is 18.5. The van der Waals surface area contributed by atoms with Gasteiger partial charge in [0.05, 0.1) is 4.92 Å². The Morgan fingerprint density at radius 3 is 2.40 bits per heavy atom. The Morgan fingerprint density at radius 1 is 1.17 bits per heavy atom. The quantitative estimate of drug-likeness (QED) is 0.430. The van der Waals surface area contributed by atoms with Crippen LogP contribution in [0.1, 0.15) is 37.8 Å². The predicted octanol–water partition coefficient (Wildman–Crippen LogP) is 3.12. The molecule has 156 valence electrons. The van der Waals surface area contributed by atoms with E-state index in [0.717, 1.165) is 10.5 Å². The van der Waals surface area contributed by atoms with Gasteiger partial charge in [-0.3, -0.25) is 24.6 Å². The molecule has 9 heteroatoms. The third-order valence-electron chi connectivity index (χ3n) is 5.09. The van der Waals surface area contributed by atoms with Crippen molar-refractivity contribution in [2.24, 2.45) is 0 Å². The Hall–Kier alpha value is -3.75. The molecule has 1 fully saturated rings. The van der Waals surface area contributed by atoms with Crippen LogP contribution in [0, 0.1) is 10.1 Å². The third-order valence-corrected chi connectivity index (χ3v) is 5.09. The zero-order valence-electron chi connectivity index (χ0n) is 16.8. The molecule has 3 rings (SSSR count). The number of carbonyl (C=O) groups is 3. The fraction of sp³-hybridized carbons (Fsp3) is 0.286. The second kappa shape index (κ2) is 7.94. The van der Waals surface area contributed by atoms with Gasteiger partial charge < -0.3 is 10.6 Å². The lowest BCUT2D eigenvalue weighted by molar-refractivity contribution is -0.384. The van der Waals surface area contributed by atoms with Gasteiger partial charge in [-0.05, 0) is 42.2 Å². The summed E-state index contributed by atoms with van der Waals surface area (Å²) in [6, 6.07) is 12.0. The van der Waals surface area contributed by atoms with Crippen molar-refractivity contribution in [1.29, 1.82) is 0 Å². The van der Waals surface area contributed by atoms with Gasteiger partial charge in [-0.15, -0.1) is 0 Å². The summed E-state index contributed by atoms with van der Waals surface area (Å²) in [5, 5.41) is 16.2. The molecule has 1 heterocycles. The minimum absolute atomic E-state index is 0.126. The fourth-order valence-electron chi connectivity index (χ4n) is 3.40. The highest BCUT2D eigenvalue weighted by Gasteiger charge is 2.49. The SMILES string of the molecule is CC(C)c1ccccc1NC(=O)CN1C(=O)N[C@@](C)(c2ccc([N+](=O)[O-])cc2)C1=O. The predicted molar refractivity (Wildman–Crippen MR) is 110 cm³/mol. The van der Waals surface area contributed by atoms with E-state index in [4.69, 9.17) is 0 Å². The van der Waals surface area contributed by atoms with Gasteiger partial charge in [0.1, 0.15) is 12.1 Å². The summed E-state index contributed by atoms with van der Waals surface area (Å²) >= 11 is 0. The minimum Gasteiger partial charge on any atom is -0.324 e. The molecule has 0 spiro atoms. The molecule has 0 saturated carbocycles. The number of amides is 4. The molecular formula is C21H22N4O5. The first-order valence-electron chi connectivity index (χ1n) is 9.41. The van der Waals surface area contributed by atoms with Crippen molar-refractivity contribution in [2.45, 2.75) is 32.2 Å². The van der Waals surface area contributed by atoms with E-state index < -0.39 is 34.9 Å². The van der Waals surface area contributed by atoms with Gasteiger partial charge in [0.15, 0.2) is 0 Å². The van der Waals surface area contributed by atoms with Crippen LogP contribution in [0.4, 0.5) is 16.2 Å². The first-order valence-corrected chi connectivity index (χ1v) is 9.41. The van der Waals surface area contributed by atoms with E-state index in [0.29, 0.717) is 11.3 Å². The summed E-state index contributed by atoms with van der Waals surface area (Å²) in [5.41, 5.74) is 0.419. The molecule has 1 atom stereocenters. The molecule has 1 saturated heterocycles. The Morgan fingerprint density at radius 2 is 1.80 bits per heavy atom. The fourth-order valence-corrected chi connectivity index (χ4v) is 3.40. The first kappa shape index (κ1) is 21.0. The van der Waals surface area contributed by atoms with Crippen LogP contribution in [0.15, 0.2) is 48.5 Å². The molecule has 1 aliphatic heterocycles. The van der Waals surface area contributed by atoms with Crippen LogP contribution < -0.4 is 10.6 Å². The highest BCUT2D eigenvalue weighted by atomic mass is 16.6. The highest BCUT2D eigenvalue weighted by molar-refractivity contribution is 6.10. The number of hydrogen-bond acceptors (Lipinski definition) is 5. The van der Waals surface area contributed by atoms with Gasteiger partial charge in [0.25, 0.3) is 11.6 Å². The molecule has 0 unspecified atom stereocenters. The van der Waals surface area contributed by atoms with Crippen LogP contribution in [-0.2, 0) is 15.1 Å². The zero-order valence-corrected chi connectivity index (χ0v) is 16.8. The van der Waals surface area contributed by atoms with Crippen molar-refractivity contribution >= 4 is 29.2 Å². The molecule has 2 N–H and O–H groups in total. The monoisotopic (exact) mass is 410 g/mol. The second-order valence-electron chi connectivity index (χ2n) is 7.54. The Balaban J connectivity index is 1.76. The average molecular weight is 410 g/mol. The first-order chi connectivity index (χ1) is 14.1. The van der Waals surface area contributed by atoms with Crippen molar-refractivity contribution in [3.63, 3.8) is 0 Å². The van der Waals surface area contributed by atoms with Gasteiger partial charge in [0.2, 0.25) is 5.91 Å². The number of nitrogens with zero attached hydrogens (tertiary/aromatic N) is 2. The molecule has 2 aromatic rings. The number of rotatable bonds is 6. The van der Waals surface area contributed by atoms with E-state index >= 15 is 0 Å². The molecule has 0 aliphatic carbocycles. The van der Waals surface area contributed by atoms with Gasteiger partial charge >= 0.3 is 6.03 Å². The molecule has 2 aromatic carbocycles. The Bertz CT molecular complexity index is 1020. The molecule has 1 aliphatic rings. The lowest BCUT2D eigenvalue weighted by Crippen LogP contribution is -2.42. The molecule has 0 radical (unpaired) electrons. The van der Waals surface area contributed by atoms with Gasteiger partial charge in [-0.25, -0.2) is 4.79 Å². The molecule has 30 heavy (non-hydrogen) atoms. The maximum atomic E-state index is 12.9. The van der Waals surface area contributed by atoms with Crippen molar-refractivity contribution in [1.82, 2.24) is 10.2 Å². The lowest BCUT2D eigenvalue weighted by atomic mass is 9.92. The molecule has 0 aromatic heterocycles. The number of urea groups is 1. The largest absolute Gasteiger partial charge is 0.325 e. The molecule has 0 bridgehead atoms. The van der Waals surface area contributed by atoms with Crippen molar-refractivity contribution < 1.29 is 19.3 Å². The van der Waals surface area contributed by atoms with E-state index in [1.54, 1.807) is 12.1 Å². The van der Waals surface area contributed by atoms with E-state index in [9.17, 15) is 24.5 Å². The number of nitrogens with one attached hydrogen (secondary N) is 2. The maximum Gasteiger partial charge on any atom is 0.325 e. The van der Waals surface area contributed by atoms with E-state index in [2.05, 4.69) is 10.6 Å². The van der Waals surface area contributed by atoms with E-state index in [1.165, 1.54) is 31.2 Å². The van der Waals surface area contributed by atoms with Crippen LogP contribution in [0.25, 0.3) is 0 Å². The number of non-ortho nitro benzene ring substituents is 1. The summed E-state index contributed by atoms with van der Waals surface area (Å²) in [5.74, 6) is -0.920. The second-order valence-corrected chi connectivity index (χ2v) is 7.54. The molecular weight excluding hydrogens is 388 g/mol. The Kier molecular flexibility index (Phi) is 5.55. The number of benzene rings is 2. The van der Waals surface area contributed by atoms with Gasteiger partial charge in [-0.2, -0.15) is 0 Å². The van der Waals surface area contributed by atoms with Crippen molar-refractivity contribution in [3.8, 4) is 0 Å². The lowest BCUT2D eigenvalue weighted by Gasteiger charge is -2.22. The van der Waals surface area contributed by atoms with Crippen LogP contribution in [0.2, 0.25) is 0 Å². The smallest absolute Gasteiger partial charge is 0.324 e. The number of nitro groups is 1. The van der Waals surface area contributed by atoms with Gasteiger partial charge in [0, 0.05) is 17.8 Å². The number of anilines is 1. The standard InChI is InChI=1S/C21H22N4O5/c1-13(2)16-6-4-5-7-17(16)22-18(26)12-24-19(27)21(3,23-20(24)28)14-8-10-15(11-9-14)25(29)30/h4-11,13H,12H2,1-3H3,(H,22,26)(H,23,28)/t21-/m0/s1. The summed E-state index contributed by atoms with van der Waals surface area (Å²) in [6.45, 7) is 5.05. The van der Waals surface area contributed by atoms with Crippen molar-refractivity contribution in [2.75, 3.05) is 11.9 Å². The zero-order chi connectivity index (χ0) is 22.1. The summed E-state index contributed by atoms with van der Waals surface area (Å²) < 4.78 is 0. The topological polar surface area (TPSA) is 122 Å². The number of hydrogen-bond donors (Lipinski definition) is 2. The van der Waals surface area contributed by atoms with Crippen LogP contribution in [0.5, 0.6) is 0 Å². The maximum absolute atomic E-state index is 12.9. The van der Waals surface area contributed by atoms with E-state index in [1.807, 2.05) is 26.0 Å². The number of carbonyl (C=O) groups excluding carboxylic acids is 3. The molecule has 9 nitrogen and oxygen atoms in total. The highest BCUT2D eigenvalue weighted by Crippen LogP contribution is 2.30. The number of para-hydroxylation sites is 1.